The fourth-order valence-corrected chi connectivity index (χ4v) is 2.54. The normalized spacial score (nSPS) is 28.5. The van der Waals surface area contributed by atoms with Gasteiger partial charge in [0.2, 0.25) is 11.8 Å². The molecule has 2 saturated heterocycles. The van der Waals surface area contributed by atoms with Crippen molar-refractivity contribution in [2.45, 2.75) is 44.2 Å². The Bertz CT molecular complexity index is 298. The first kappa shape index (κ1) is 14.3. The minimum Gasteiger partial charge on any atom is -0.344 e. The molecule has 2 aliphatic rings. The minimum atomic E-state index is -0.306. The number of nitrogens with two attached hydrogens (primary N) is 1. The average Bonchev–Trinajstić information content (AvgIpc) is 2.75. The van der Waals surface area contributed by atoms with Crippen molar-refractivity contribution < 1.29 is 9.59 Å². The molecule has 2 fully saturated rings. The Kier molecular flexibility index (Phi) is 5.21. The molecule has 0 aromatic rings. The van der Waals surface area contributed by atoms with Crippen LogP contribution in [0.15, 0.2) is 0 Å². The molecule has 1 unspecified atom stereocenters. The second-order valence-electron chi connectivity index (χ2n) is 4.58. The summed E-state index contributed by atoms with van der Waals surface area (Å²) < 4.78 is 0. The zero-order chi connectivity index (χ0) is 11.5. The van der Waals surface area contributed by atoms with E-state index < -0.39 is 0 Å². The van der Waals surface area contributed by atoms with Crippen molar-refractivity contribution in [1.29, 1.82) is 0 Å². The van der Waals surface area contributed by atoms with E-state index in [0.717, 1.165) is 25.8 Å². The van der Waals surface area contributed by atoms with Gasteiger partial charge in [0, 0.05) is 25.6 Å². The Morgan fingerprint density at radius 2 is 2.18 bits per heavy atom. The number of likely N-dealkylation sites (tertiary alicyclic amines) is 1. The van der Waals surface area contributed by atoms with Crippen LogP contribution >= 0.6 is 12.4 Å². The van der Waals surface area contributed by atoms with Gasteiger partial charge in [-0.1, -0.05) is 0 Å². The van der Waals surface area contributed by atoms with Gasteiger partial charge in [-0.2, -0.15) is 0 Å². The maximum absolute atomic E-state index is 12.2. The predicted molar refractivity (Wildman–Crippen MR) is 66.8 cm³/mol. The number of nitrogens with zero attached hydrogens (tertiary/aromatic N) is 1. The highest BCUT2D eigenvalue weighted by Crippen LogP contribution is 2.19. The fourth-order valence-electron chi connectivity index (χ4n) is 2.54. The van der Waals surface area contributed by atoms with Crippen molar-refractivity contribution in [3.63, 3.8) is 0 Å². The van der Waals surface area contributed by atoms with Crippen LogP contribution in [-0.2, 0) is 9.59 Å². The SMILES string of the molecule is Cl.NCC1CCCCN1C(=O)[C@@H]1CCC(=O)N1. The molecule has 2 atom stereocenters. The summed E-state index contributed by atoms with van der Waals surface area (Å²) in [6.07, 6.45) is 4.28. The number of carbonyl (C=O) groups excluding carboxylic acids is 2. The number of halogens is 1. The molecular formula is C11H20ClN3O2. The Labute approximate surface area is 108 Å². The second kappa shape index (κ2) is 6.21. The van der Waals surface area contributed by atoms with Crippen LogP contribution in [0.3, 0.4) is 0 Å². The molecule has 0 aromatic carbocycles. The van der Waals surface area contributed by atoms with Gasteiger partial charge >= 0.3 is 0 Å². The molecule has 2 rings (SSSR count). The van der Waals surface area contributed by atoms with Crippen LogP contribution in [0.4, 0.5) is 0 Å². The van der Waals surface area contributed by atoms with E-state index in [2.05, 4.69) is 5.32 Å². The van der Waals surface area contributed by atoms with Crippen molar-refractivity contribution in [2.24, 2.45) is 5.73 Å². The molecule has 5 nitrogen and oxygen atoms in total. The van der Waals surface area contributed by atoms with Crippen molar-refractivity contribution in [3.05, 3.63) is 0 Å². The van der Waals surface area contributed by atoms with Crippen LogP contribution in [0.25, 0.3) is 0 Å². The number of nitrogens with one attached hydrogen (secondary N) is 1. The third-order valence-electron chi connectivity index (χ3n) is 3.48. The van der Waals surface area contributed by atoms with Crippen LogP contribution in [0.2, 0.25) is 0 Å². The van der Waals surface area contributed by atoms with Gasteiger partial charge in [0.25, 0.3) is 0 Å². The van der Waals surface area contributed by atoms with Gasteiger partial charge in [0.05, 0.1) is 0 Å². The van der Waals surface area contributed by atoms with E-state index in [0.29, 0.717) is 19.4 Å². The van der Waals surface area contributed by atoms with E-state index in [1.165, 1.54) is 0 Å². The average molecular weight is 262 g/mol. The van der Waals surface area contributed by atoms with E-state index in [1.807, 2.05) is 4.90 Å². The molecule has 6 heteroatoms. The maximum Gasteiger partial charge on any atom is 0.245 e. The maximum atomic E-state index is 12.2. The number of carbonyl (C=O) groups is 2. The molecule has 0 saturated carbocycles. The van der Waals surface area contributed by atoms with Crippen molar-refractivity contribution in [2.75, 3.05) is 13.1 Å². The third kappa shape index (κ3) is 3.10. The number of hydrogen-bond donors (Lipinski definition) is 2. The van der Waals surface area contributed by atoms with Gasteiger partial charge in [-0.3, -0.25) is 9.59 Å². The lowest BCUT2D eigenvalue weighted by Crippen LogP contribution is -2.53. The lowest BCUT2D eigenvalue weighted by atomic mass is 10.0. The lowest BCUT2D eigenvalue weighted by Gasteiger charge is -2.36. The van der Waals surface area contributed by atoms with Crippen LogP contribution < -0.4 is 11.1 Å². The van der Waals surface area contributed by atoms with E-state index in [1.54, 1.807) is 0 Å². The van der Waals surface area contributed by atoms with Crippen molar-refractivity contribution in [1.82, 2.24) is 10.2 Å². The number of rotatable bonds is 2. The summed E-state index contributed by atoms with van der Waals surface area (Å²) in [6.45, 7) is 1.31. The topological polar surface area (TPSA) is 75.4 Å². The summed E-state index contributed by atoms with van der Waals surface area (Å²) in [7, 11) is 0. The monoisotopic (exact) mass is 261 g/mol. The van der Waals surface area contributed by atoms with Gasteiger partial charge in [-0.05, 0) is 25.7 Å². The quantitative estimate of drug-likeness (QED) is 0.736. The molecule has 0 bridgehead atoms. The first-order valence-electron chi connectivity index (χ1n) is 6.02. The van der Waals surface area contributed by atoms with Gasteiger partial charge in [0.1, 0.15) is 6.04 Å². The van der Waals surface area contributed by atoms with Crippen LogP contribution in [0.5, 0.6) is 0 Å². The Morgan fingerprint density at radius 1 is 1.41 bits per heavy atom. The minimum absolute atomic E-state index is 0. The van der Waals surface area contributed by atoms with Crippen LogP contribution in [0, 0.1) is 0 Å². The Morgan fingerprint density at radius 3 is 2.76 bits per heavy atom. The zero-order valence-corrected chi connectivity index (χ0v) is 10.7. The standard InChI is InChI=1S/C11H19N3O2.ClH/c12-7-8-3-1-2-6-14(8)11(16)9-4-5-10(15)13-9;/h8-9H,1-7,12H2,(H,13,15);1H/t8?,9-;/m0./s1. The third-order valence-corrected chi connectivity index (χ3v) is 3.48. The fraction of sp³-hybridized carbons (Fsp3) is 0.818. The van der Waals surface area contributed by atoms with E-state index in [-0.39, 0.29) is 36.3 Å². The Hall–Kier alpha value is -0.810. The molecule has 3 N–H and O–H groups in total. The zero-order valence-electron chi connectivity index (χ0n) is 9.85. The summed E-state index contributed by atoms with van der Waals surface area (Å²) in [5, 5.41) is 2.72. The first-order valence-corrected chi connectivity index (χ1v) is 6.02. The smallest absolute Gasteiger partial charge is 0.245 e. The molecule has 0 radical (unpaired) electrons. The molecule has 2 heterocycles. The highest BCUT2D eigenvalue weighted by molar-refractivity contribution is 5.91. The lowest BCUT2D eigenvalue weighted by molar-refractivity contribution is -0.137. The molecular weight excluding hydrogens is 242 g/mol. The molecule has 0 aromatic heterocycles. The first-order chi connectivity index (χ1) is 7.72. The number of hydrogen-bond acceptors (Lipinski definition) is 3. The highest BCUT2D eigenvalue weighted by atomic mass is 35.5. The summed E-state index contributed by atoms with van der Waals surface area (Å²) in [6, 6.07) is -0.140. The van der Waals surface area contributed by atoms with Gasteiger partial charge < -0.3 is 16.0 Å². The highest BCUT2D eigenvalue weighted by Gasteiger charge is 2.34. The molecule has 2 amide bonds. The molecule has 17 heavy (non-hydrogen) atoms. The summed E-state index contributed by atoms with van der Waals surface area (Å²) in [5.41, 5.74) is 5.68. The summed E-state index contributed by atoms with van der Waals surface area (Å²) >= 11 is 0. The van der Waals surface area contributed by atoms with Gasteiger partial charge in [-0.25, -0.2) is 0 Å². The summed E-state index contributed by atoms with van der Waals surface area (Å²) in [5.74, 6) is 0.0423. The second-order valence-corrected chi connectivity index (χ2v) is 4.58. The van der Waals surface area contributed by atoms with E-state index >= 15 is 0 Å². The molecule has 98 valence electrons. The summed E-state index contributed by atoms with van der Waals surface area (Å²) in [4.78, 5) is 25.1. The Balaban J connectivity index is 0.00000144. The van der Waals surface area contributed by atoms with Crippen LogP contribution in [0.1, 0.15) is 32.1 Å². The molecule has 2 aliphatic heterocycles. The van der Waals surface area contributed by atoms with E-state index in [9.17, 15) is 9.59 Å². The van der Waals surface area contributed by atoms with Crippen LogP contribution in [-0.4, -0.2) is 41.9 Å². The van der Waals surface area contributed by atoms with Gasteiger partial charge in [0.15, 0.2) is 0 Å². The van der Waals surface area contributed by atoms with Crippen molar-refractivity contribution in [3.8, 4) is 0 Å². The molecule has 0 aliphatic carbocycles. The van der Waals surface area contributed by atoms with E-state index in [4.69, 9.17) is 5.73 Å². The number of piperidine rings is 1. The van der Waals surface area contributed by atoms with Crippen molar-refractivity contribution >= 4 is 24.2 Å². The molecule has 0 spiro atoms. The number of amides is 2. The predicted octanol–water partition coefficient (Wildman–Crippen LogP) is 0.0266. The van der Waals surface area contributed by atoms with Gasteiger partial charge in [-0.15, -0.1) is 12.4 Å². The largest absolute Gasteiger partial charge is 0.344 e.